The Morgan fingerprint density at radius 1 is 0.952 bits per heavy atom. The normalized spacial score (nSPS) is 14.8. The van der Waals surface area contributed by atoms with Crippen molar-refractivity contribution >= 4 is 11.8 Å². The maximum atomic E-state index is 12.4. The molecule has 1 aromatic rings. The zero-order valence-corrected chi connectivity index (χ0v) is 12.9. The number of hydrogen-bond donors (Lipinski definition) is 0. The van der Waals surface area contributed by atoms with Crippen LogP contribution in [0, 0.1) is 6.92 Å². The lowest BCUT2D eigenvalue weighted by atomic mass is 10.1. The Morgan fingerprint density at radius 2 is 1.48 bits per heavy atom. The fourth-order valence-corrected chi connectivity index (χ4v) is 2.35. The lowest BCUT2D eigenvalue weighted by molar-refractivity contribution is -0.127. The second-order valence-corrected chi connectivity index (χ2v) is 5.71. The van der Waals surface area contributed by atoms with Gasteiger partial charge in [0.15, 0.2) is 0 Å². The van der Waals surface area contributed by atoms with Crippen LogP contribution in [-0.4, -0.2) is 47.8 Å². The van der Waals surface area contributed by atoms with Gasteiger partial charge in [0.25, 0.3) is 5.91 Å². The van der Waals surface area contributed by atoms with Crippen LogP contribution in [-0.2, 0) is 4.79 Å². The van der Waals surface area contributed by atoms with Crippen LogP contribution < -0.4 is 0 Å². The van der Waals surface area contributed by atoms with Gasteiger partial charge in [0.2, 0.25) is 5.91 Å². The van der Waals surface area contributed by atoms with E-state index in [4.69, 9.17) is 0 Å². The fourth-order valence-electron chi connectivity index (χ4n) is 2.35. The smallest absolute Gasteiger partial charge is 0.253 e. The molecule has 2 amide bonds. The SMILES string of the molecule is CC(C)=CC(=O)N1CCN(C(=O)c2ccc(C)cc2)CC1. The van der Waals surface area contributed by atoms with E-state index in [9.17, 15) is 9.59 Å². The maximum Gasteiger partial charge on any atom is 0.253 e. The van der Waals surface area contributed by atoms with Gasteiger partial charge in [-0.2, -0.15) is 0 Å². The van der Waals surface area contributed by atoms with Gasteiger partial charge >= 0.3 is 0 Å². The first-order chi connectivity index (χ1) is 9.97. The zero-order chi connectivity index (χ0) is 15.4. The summed E-state index contributed by atoms with van der Waals surface area (Å²) in [6.45, 7) is 8.20. The van der Waals surface area contributed by atoms with Crippen molar-refractivity contribution in [1.29, 1.82) is 0 Å². The summed E-state index contributed by atoms with van der Waals surface area (Å²) in [4.78, 5) is 27.9. The number of allylic oxidation sites excluding steroid dienone is 1. The van der Waals surface area contributed by atoms with Crippen LogP contribution in [0.3, 0.4) is 0 Å². The van der Waals surface area contributed by atoms with E-state index in [2.05, 4.69) is 0 Å². The van der Waals surface area contributed by atoms with E-state index in [1.165, 1.54) is 0 Å². The molecular weight excluding hydrogens is 264 g/mol. The van der Waals surface area contributed by atoms with Crippen molar-refractivity contribution in [2.45, 2.75) is 20.8 Å². The van der Waals surface area contributed by atoms with Crippen molar-refractivity contribution < 1.29 is 9.59 Å². The molecule has 112 valence electrons. The van der Waals surface area contributed by atoms with Gasteiger partial charge in [-0.3, -0.25) is 9.59 Å². The Balaban J connectivity index is 1.94. The molecular formula is C17H22N2O2. The van der Waals surface area contributed by atoms with Crippen molar-refractivity contribution in [2.24, 2.45) is 0 Å². The van der Waals surface area contributed by atoms with E-state index in [1.54, 1.807) is 11.0 Å². The first kappa shape index (κ1) is 15.3. The van der Waals surface area contributed by atoms with Gasteiger partial charge in [-0.15, -0.1) is 0 Å². The Labute approximate surface area is 126 Å². The molecule has 0 aromatic heterocycles. The lowest BCUT2D eigenvalue weighted by Gasteiger charge is -2.34. The van der Waals surface area contributed by atoms with Gasteiger partial charge in [0.1, 0.15) is 0 Å². The highest BCUT2D eigenvalue weighted by atomic mass is 16.2. The van der Waals surface area contributed by atoms with E-state index in [0.717, 1.165) is 11.1 Å². The third-order valence-electron chi connectivity index (χ3n) is 3.59. The van der Waals surface area contributed by atoms with Gasteiger partial charge in [0, 0.05) is 37.8 Å². The number of benzene rings is 1. The Hall–Kier alpha value is -2.10. The fraction of sp³-hybridized carbons (Fsp3) is 0.412. The Morgan fingerprint density at radius 3 is 2.00 bits per heavy atom. The number of amides is 2. The monoisotopic (exact) mass is 286 g/mol. The summed E-state index contributed by atoms with van der Waals surface area (Å²) < 4.78 is 0. The molecule has 4 nitrogen and oxygen atoms in total. The van der Waals surface area contributed by atoms with Crippen LogP contribution in [0.2, 0.25) is 0 Å². The molecule has 1 aliphatic rings. The second kappa shape index (κ2) is 6.57. The van der Waals surface area contributed by atoms with Gasteiger partial charge in [-0.1, -0.05) is 23.3 Å². The number of carbonyl (C=O) groups is 2. The molecule has 0 spiro atoms. The van der Waals surface area contributed by atoms with E-state index in [-0.39, 0.29) is 11.8 Å². The van der Waals surface area contributed by atoms with Gasteiger partial charge in [0.05, 0.1) is 0 Å². The van der Waals surface area contributed by atoms with Crippen LogP contribution in [0.15, 0.2) is 35.9 Å². The topological polar surface area (TPSA) is 40.6 Å². The largest absolute Gasteiger partial charge is 0.336 e. The van der Waals surface area contributed by atoms with Crippen LogP contribution >= 0.6 is 0 Å². The number of piperazine rings is 1. The predicted octanol–water partition coefficient (Wildman–Crippen LogP) is 2.25. The van der Waals surface area contributed by atoms with E-state index in [1.807, 2.05) is 49.9 Å². The van der Waals surface area contributed by atoms with Crippen LogP contribution in [0.1, 0.15) is 29.8 Å². The van der Waals surface area contributed by atoms with Crippen LogP contribution in [0.25, 0.3) is 0 Å². The molecule has 4 heteroatoms. The van der Waals surface area contributed by atoms with Crippen LogP contribution in [0.5, 0.6) is 0 Å². The Bertz CT molecular complexity index is 549. The maximum absolute atomic E-state index is 12.4. The summed E-state index contributed by atoms with van der Waals surface area (Å²) in [6.07, 6.45) is 1.65. The predicted molar refractivity (Wildman–Crippen MR) is 83.1 cm³/mol. The summed E-state index contributed by atoms with van der Waals surface area (Å²) in [5.41, 5.74) is 2.85. The molecule has 21 heavy (non-hydrogen) atoms. The minimum Gasteiger partial charge on any atom is -0.336 e. The van der Waals surface area contributed by atoms with Crippen molar-refractivity contribution in [1.82, 2.24) is 9.80 Å². The van der Waals surface area contributed by atoms with Crippen LogP contribution in [0.4, 0.5) is 0 Å². The summed E-state index contributed by atoms with van der Waals surface area (Å²) in [6, 6.07) is 7.61. The molecule has 2 rings (SSSR count). The highest BCUT2D eigenvalue weighted by Crippen LogP contribution is 2.10. The van der Waals surface area contributed by atoms with Crippen molar-refractivity contribution in [2.75, 3.05) is 26.2 Å². The molecule has 1 fully saturated rings. The third kappa shape index (κ3) is 3.94. The molecule has 0 unspecified atom stereocenters. The van der Waals surface area contributed by atoms with Gasteiger partial charge < -0.3 is 9.80 Å². The minimum atomic E-state index is 0.0393. The zero-order valence-electron chi connectivity index (χ0n) is 12.9. The molecule has 1 aromatic carbocycles. The lowest BCUT2D eigenvalue weighted by Crippen LogP contribution is -2.50. The second-order valence-electron chi connectivity index (χ2n) is 5.71. The molecule has 0 atom stereocenters. The van der Waals surface area contributed by atoms with E-state index >= 15 is 0 Å². The number of carbonyl (C=O) groups excluding carboxylic acids is 2. The van der Waals surface area contributed by atoms with E-state index < -0.39 is 0 Å². The van der Waals surface area contributed by atoms with E-state index in [0.29, 0.717) is 31.7 Å². The van der Waals surface area contributed by atoms with Gasteiger partial charge in [-0.25, -0.2) is 0 Å². The first-order valence-electron chi connectivity index (χ1n) is 7.27. The Kier molecular flexibility index (Phi) is 4.78. The van der Waals surface area contributed by atoms with Gasteiger partial charge in [-0.05, 0) is 32.9 Å². The summed E-state index contributed by atoms with van der Waals surface area (Å²) in [7, 11) is 0. The molecule has 1 heterocycles. The molecule has 0 bridgehead atoms. The summed E-state index contributed by atoms with van der Waals surface area (Å²) in [5.74, 6) is 0.0850. The average molecular weight is 286 g/mol. The molecule has 0 N–H and O–H groups in total. The number of aryl methyl sites for hydroxylation is 1. The van der Waals surface area contributed by atoms with Crippen molar-refractivity contribution in [3.63, 3.8) is 0 Å². The molecule has 0 radical (unpaired) electrons. The quantitative estimate of drug-likeness (QED) is 0.782. The molecule has 0 aliphatic carbocycles. The van der Waals surface area contributed by atoms with Crippen molar-refractivity contribution in [3.05, 3.63) is 47.0 Å². The number of nitrogens with zero attached hydrogens (tertiary/aromatic N) is 2. The molecule has 1 saturated heterocycles. The molecule has 1 aliphatic heterocycles. The minimum absolute atomic E-state index is 0.0393. The summed E-state index contributed by atoms with van der Waals surface area (Å²) >= 11 is 0. The first-order valence-corrected chi connectivity index (χ1v) is 7.27. The standard InChI is InChI=1S/C17H22N2O2/c1-13(2)12-16(20)18-8-10-19(11-9-18)17(21)15-6-4-14(3)5-7-15/h4-7,12H,8-11H2,1-3H3. The number of rotatable bonds is 2. The molecule has 0 saturated carbocycles. The number of hydrogen-bond acceptors (Lipinski definition) is 2. The summed E-state index contributed by atoms with van der Waals surface area (Å²) in [5, 5.41) is 0. The van der Waals surface area contributed by atoms with Crippen molar-refractivity contribution in [3.8, 4) is 0 Å². The third-order valence-corrected chi connectivity index (χ3v) is 3.59. The average Bonchev–Trinajstić information content (AvgIpc) is 2.47. The highest BCUT2D eigenvalue weighted by Gasteiger charge is 2.23. The highest BCUT2D eigenvalue weighted by molar-refractivity contribution is 5.94.